The molecule has 1 saturated heterocycles. The zero-order chi connectivity index (χ0) is 25.8. The first-order valence-corrected chi connectivity index (χ1v) is 12.1. The van der Waals surface area contributed by atoms with Gasteiger partial charge in [-0.1, -0.05) is 60.7 Å². The number of hydrogen-bond acceptors (Lipinski definition) is 5. The summed E-state index contributed by atoms with van der Waals surface area (Å²) >= 11 is 0. The maximum absolute atomic E-state index is 13.4. The Morgan fingerprint density at radius 3 is 2.51 bits per heavy atom. The number of benzene rings is 3. The van der Waals surface area contributed by atoms with Crippen molar-refractivity contribution in [2.24, 2.45) is 0 Å². The first-order chi connectivity index (χ1) is 18.0. The van der Waals surface area contributed by atoms with Crippen LogP contribution in [0, 0.1) is 0 Å². The molecule has 1 fully saturated rings. The molecule has 0 unspecified atom stereocenters. The van der Waals surface area contributed by atoms with E-state index in [1.807, 2.05) is 30.3 Å². The Morgan fingerprint density at radius 2 is 1.68 bits per heavy atom. The molecule has 2 heterocycles. The van der Waals surface area contributed by atoms with Crippen LogP contribution in [-0.2, 0) is 21.5 Å². The molecule has 3 N–H and O–H groups in total. The van der Waals surface area contributed by atoms with E-state index < -0.39 is 29.9 Å². The number of nitrogens with zero attached hydrogens (tertiary/aromatic N) is 1. The molecule has 1 atom stereocenters. The number of ether oxygens (including phenoxy) is 1. The molecule has 0 bridgehead atoms. The zero-order valence-corrected chi connectivity index (χ0v) is 20.0. The van der Waals surface area contributed by atoms with Gasteiger partial charge >= 0.3 is 6.03 Å². The van der Waals surface area contributed by atoms with Crippen LogP contribution in [0.4, 0.5) is 10.5 Å². The van der Waals surface area contributed by atoms with Crippen LogP contribution in [0.2, 0.25) is 0 Å². The minimum atomic E-state index is -1.26. The number of fused-ring (bicyclic) bond motifs is 2. The summed E-state index contributed by atoms with van der Waals surface area (Å²) in [5.41, 5.74) is 0.990. The molecule has 188 valence electrons. The Morgan fingerprint density at radius 1 is 0.946 bits per heavy atom. The van der Waals surface area contributed by atoms with Gasteiger partial charge in [-0.3, -0.25) is 19.3 Å². The summed E-state index contributed by atoms with van der Waals surface area (Å²) in [6, 6.07) is 22.8. The van der Waals surface area contributed by atoms with Gasteiger partial charge in [0.2, 0.25) is 5.91 Å². The minimum absolute atomic E-state index is 0.260. The average molecular weight is 499 g/mol. The summed E-state index contributed by atoms with van der Waals surface area (Å²) < 4.78 is 5.64. The fourth-order valence-electron chi connectivity index (χ4n) is 4.70. The fraction of sp³-hybridized carbons (Fsp3) is 0.214. The lowest BCUT2D eigenvalue weighted by Crippen LogP contribution is -2.48. The van der Waals surface area contributed by atoms with E-state index in [0.29, 0.717) is 30.0 Å². The highest BCUT2D eigenvalue weighted by Crippen LogP contribution is 2.40. The summed E-state index contributed by atoms with van der Waals surface area (Å²) in [6.07, 6.45) is 0.932. The maximum atomic E-state index is 13.4. The van der Waals surface area contributed by atoms with Crippen molar-refractivity contribution in [3.63, 3.8) is 0 Å². The standard InChI is InChI=1S/C28H26N4O5/c33-24(18-32-26(35)28(31-27(32)36)15-17-37-23-13-7-5-11-21(23)28)30-22-12-6-4-10-20(22)25(34)29-16-14-19-8-2-1-3-9-19/h1-13H,14-18H2,(H,29,34)(H,30,33)(H,31,36)/t28-/m1/s1. The molecule has 3 aromatic rings. The number of imide groups is 1. The molecule has 0 aliphatic carbocycles. The molecule has 0 saturated carbocycles. The Kier molecular flexibility index (Phi) is 6.59. The van der Waals surface area contributed by atoms with E-state index in [1.165, 1.54) is 0 Å². The first kappa shape index (κ1) is 24.1. The van der Waals surface area contributed by atoms with Gasteiger partial charge in [-0.05, 0) is 30.2 Å². The van der Waals surface area contributed by atoms with Crippen LogP contribution >= 0.6 is 0 Å². The minimum Gasteiger partial charge on any atom is -0.493 e. The van der Waals surface area contributed by atoms with E-state index in [2.05, 4.69) is 16.0 Å². The van der Waals surface area contributed by atoms with Gasteiger partial charge in [0, 0.05) is 18.5 Å². The van der Waals surface area contributed by atoms with Crippen molar-refractivity contribution >= 4 is 29.4 Å². The maximum Gasteiger partial charge on any atom is 0.325 e. The molecular weight excluding hydrogens is 472 g/mol. The van der Waals surface area contributed by atoms with E-state index >= 15 is 0 Å². The number of carbonyl (C=O) groups is 4. The van der Waals surface area contributed by atoms with Crippen LogP contribution in [0.25, 0.3) is 0 Å². The van der Waals surface area contributed by atoms with E-state index in [9.17, 15) is 19.2 Å². The SMILES string of the molecule is O=C(CN1C(=O)N[C@@]2(CCOc3ccccc32)C1=O)Nc1ccccc1C(=O)NCCc1ccccc1. The topological polar surface area (TPSA) is 117 Å². The van der Waals surface area contributed by atoms with Crippen molar-refractivity contribution in [1.82, 2.24) is 15.5 Å². The van der Waals surface area contributed by atoms with Crippen molar-refractivity contribution in [1.29, 1.82) is 0 Å². The third-order valence-electron chi connectivity index (χ3n) is 6.55. The second kappa shape index (κ2) is 10.1. The van der Waals surface area contributed by atoms with Crippen LogP contribution in [-0.4, -0.2) is 48.3 Å². The Bertz CT molecular complexity index is 1360. The van der Waals surface area contributed by atoms with Gasteiger partial charge in [0.25, 0.3) is 11.8 Å². The number of carbonyl (C=O) groups excluding carboxylic acids is 4. The van der Waals surface area contributed by atoms with Gasteiger partial charge in [0.1, 0.15) is 12.3 Å². The number of rotatable bonds is 7. The third-order valence-corrected chi connectivity index (χ3v) is 6.55. The summed E-state index contributed by atoms with van der Waals surface area (Å²) in [7, 11) is 0. The van der Waals surface area contributed by atoms with Crippen molar-refractivity contribution < 1.29 is 23.9 Å². The summed E-state index contributed by atoms with van der Waals surface area (Å²) in [5, 5.41) is 8.32. The van der Waals surface area contributed by atoms with E-state index in [-0.39, 0.29) is 24.5 Å². The van der Waals surface area contributed by atoms with Gasteiger partial charge in [0.15, 0.2) is 5.54 Å². The molecule has 5 rings (SSSR count). The highest BCUT2D eigenvalue weighted by Gasteiger charge is 2.55. The summed E-state index contributed by atoms with van der Waals surface area (Å²) in [5.74, 6) is -0.902. The van der Waals surface area contributed by atoms with Gasteiger partial charge < -0.3 is 20.7 Å². The van der Waals surface area contributed by atoms with Crippen LogP contribution in [0.5, 0.6) is 5.75 Å². The smallest absolute Gasteiger partial charge is 0.325 e. The lowest BCUT2D eigenvalue weighted by Gasteiger charge is -2.33. The largest absolute Gasteiger partial charge is 0.493 e. The zero-order valence-electron chi connectivity index (χ0n) is 20.0. The first-order valence-electron chi connectivity index (χ1n) is 12.1. The van der Waals surface area contributed by atoms with Crippen LogP contribution in [0.15, 0.2) is 78.9 Å². The predicted molar refractivity (Wildman–Crippen MR) is 136 cm³/mol. The molecule has 0 aromatic heterocycles. The highest BCUT2D eigenvalue weighted by molar-refractivity contribution is 6.11. The van der Waals surface area contributed by atoms with Crippen molar-refractivity contribution in [2.75, 3.05) is 25.0 Å². The quantitative estimate of drug-likeness (QED) is 0.433. The van der Waals surface area contributed by atoms with Gasteiger partial charge in [-0.25, -0.2) is 4.79 Å². The van der Waals surface area contributed by atoms with Gasteiger partial charge in [-0.2, -0.15) is 0 Å². The Balaban J connectivity index is 1.25. The van der Waals surface area contributed by atoms with Crippen molar-refractivity contribution in [3.8, 4) is 5.75 Å². The summed E-state index contributed by atoms with van der Waals surface area (Å²) in [6.45, 7) is 0.204. The molecule has 3 aromatic carbocycles. The number of urea groups is 1. The third kappa shape index (κ3) is 4.75. The second-order valence-corrected chi connectivity index (χ2v) is 8.91. The predicted octanol–water partition coefficient (Wildman–Crippen LogP) is 2.83. The second-order valence-electron chi connectivity index (χ2n) is 8.91. The fourth-order valence-corrected chi connectivity index (χ4v) is 4.70. The number of para-hydroxylation sites is 2. The highest BCUT2D eigenvalue weighted by atomic mass is 16.5. The Labute approximate surface area is 213 Å². The van der Waals surface area contributed by atoms with Gasteiger partial charge in [-0.15, -0.1) is 0 Å². The van der Waals surface area contributed by atoms with Crippen LogP contribution in [0.1, 0.15) is 27.9 Å². The number of anilines is 1. The number of hydrogen-bond donors (Lipinski definition) is 3. The van der Waals surface area contributed by atoms with E-state index in [1.54, 1.807) is 48.5 Å². The monoisotopic (exact) mass is 498 g/mol. The Hall–Kier alpha value is -4.66. The molecule has 37 heavy (non-hydrogen) atoms. The molecule has 9 heteroatoms. The molecule has 2 aliphatic heterocycles. The van der Waals surface area contributed by atoms with Crippen LogP contribution < -0.4 is 20.7 Å². The van der Waals surface area contributed by atoms with Crippen molar-refractivity contribution in [3.05, 3.63) is 95.6 Å². The lowest BCUT2D eigenvalue weighted by molar-refractivity contribution is -0.135. The lowest BCUT2D eigenvalue weighted by atomic mass is 9.84. The number of amides is 5. The summed E-state index contributed by atoms with van der Waals surface area (Å²) in [4.78, 5) is 52.8. The van der Waals surface area contributed by atoms with E-state index in [0.717, 1.165) is 10.5 Å². The van der Waals surface area contributed by atoms with Crippen molar-refractivity contribution in [2.45, 2.75) is 18.4 Å². The molecule has 2 aliphatic rings. The normalized spacial score (nSPS) is 18.1. The number of nitrogens with one attached hydrogen (secondary N) is 3. The molecule has 1 spiro atoms. The van der Waals surface area contributed by atoms with E-state index in [4.69, 9.17) is 4.74 Å². The molecular formula is C28H26N4O5. The molecule has 5 amide bonds. The van der Waals surface area contributed by atoms with Crippen LogP contribution in [0.3, 0.4) is 0 Å². The molecule has 9 nitrogen and oxygen atoms in total. The molecule has 0 radical (unpaired) electrons. The average Bonchev–Trinajstić information content (AvgIpc) is 3.14. The van der Waals surface area contributed by atoms with Gasteiger partial charge in [0.05, 0.1) is 17.9 Å².